The van der Waals surface area contributed by atoms with Crippen LogP contribution in [-0.4, -0.2) is 19.9 Å². The Labute approximate surface area is 195 Å². The van der Waals surface area contributed by atoms with Crippen molar-refractivity contribution < 1.29 is 17.1 Å². The van der Waals surface area contributed by atoms with Crippen LogP contribution in [-0.2, 0) is 17.1 Å². The van der Waals surface area contributed by atoms with Crippen LogP contribution >= 0.6 is 0 Å². The van der Waals surface area contributed by atoms with Crippen LogP contribution in [0, 0.1) is 0 Å². The van der Waals surface area contributed by atoms with Crippen molar-refractivity contribution in [3.05, 3.63) is 101 Å². The number of benzene rings is 1. The van der Waals surface area contributed by atoms with Gasteiger partial charge in [-0.25, -0.2) is 9.97 Å². The molecule has 159 valence electrons. The van der Waals surface area contributed by atoms with Crippen molar-refractivity contribution in [1.29, 1.82) is 0 Å². The Kier molecular flexibility index (Phi) is 5.02. The first-order chi connectivity index (χ1) is 15.2. The van der Waals surface area contributed by atoms with Crippen LogP contribution in [0.1, 0.15) is 28.3 Å². The van der Waals surface area contributed by atoms with Crippen LogP contribution in [0.4, 0.5) is 5.69 Å². The maximum Gasteiger partial charge on any atom is 0.0736 e. The van der Waals surface area contributed by atoms with Gasteiger partial charge in [-0.2, -0.15) is 0 Å². The van der Waals surface area contributed by atoms with E-state index in [-0.39, 0.29) is 17.1 Å². The molecule has 5 nitrogen and oxygen atoms in total. The summed E-state index contributed by atoms with van der Waals surface area (Å²) >= 11 is 0. The summed E-state index contributed by atoms with van der Waals surface area (Å²) in [5, 5.41) is 0. The summed E-state index contributed by atoms with van der Waals surface area (Å²) in [5.41, 5.74) is 16.4. The summed E-state index contributed by atoms with van der Waals surface area (Å²) in [7, 11) is 0. The van der Waals surface area contributed by atoms with Gasteiger partial charge in [-0.05, 0) is 84.5 Å². The smallest absolute Gasteiger partial charge is 0.0736 e. The summed E-state index contributed by atoms with van der Waals surface area (Å²) in [4.78, 5) is 16.5. The molecule has 5 heterocycles. The van der Waals surface area contributed by atoms with Gasteiger partial charge in [0.15, 0.2) is 0 Å². The van der Waals surface area contributed by atoms with Gasteiger partial charge in [0.1, 0.15) is 0 Å². The molecule has 0 amide bonds. The van der Waals surface area contributed by atoms with E-state index < -0.39 is 0 Å². The molecule has 0 saturated carbocycles. The molecule has 6 heteroatoms. The van der Waals surface area contributed by atoms with E-state index in [4.69, 9.17) is 10.7 Å². The van der Waals surface area contributed by atoms with E-state index in [2.05, 4.69) is 57.4 Å². The number of H-pyrrole nitrogens is 2. The molecule has 4 aromatic rings. The van der Waals surface area contributed by atoms with Gasteiger partial charge in [0.05, 0.1) is 22.8 Å². The summed E-state index contributed by atoms with van der Waals surface area (Å²) in [6, 6.07) is 24.3. The minimum Gasteiger partial charge on any atom is -0.399 e. The topological polar surface area (TPSA) is 83.4 Å². The second kappa shape index (κ2) is 8.00. The van der Waals surface area contributed by atoms with Gasteiger partial charge in [-0.15, -0.1) is 0 Å². The average Bonchev–Trinajstić information content (AvgIpc) is 3.54. The fraction of sp³-hybridized carbons (Fsp3) is 0. The predicted octanol–water partition coefficient (Wildman–Crippen LogP) is 5.65. The number of aromatic nitrogens is 4. The number of fused-ring (bicyclic) bond motifs is 8. The molecule has 0 fully saturated rings. The molecular weight excluding hydrogens is 446 g/mol. The Morgan fingerprint density at radius 1 is 0.594 bits per heavy atom. The van der Waals surface area contributed by atoms with Gasteiger partial charge in [-0.3, -0.25) is 0 Å². The molecule has 3 aromatic heterocycles. The number of rotatable bonds is 1. The van der Waals surface area contributed by atoms with Crippen molar-refractivity contribution in [3.8, 4) is 0 Å². The number of hydrogen-bond acceptors (Lipinski definition) is 3. The van der Waals surface area contributed by atoms with Crippen LogP contribution in [0.3, 0.4) is 0 Å². The van der Waals surface area contributed by atoms with Crippen LogP contribution in [0.2, 0.25) is 0 Å². The van der Waals surface area contributed by atoms with Gasteiger partial charge in [0.2, 0.25) is 0 Å². The monoisotopic (exact) mass is 464 g/mol. The Bertz CT molecular complexity index is 1540. The fourth-order valence-corrected chi connectivity index (χ4v) is 3.91. The van der Waals surface area contributed by atoms with Crippen molar-refractivity contribution in [2.24, 2.45) is 0 Å². The fourth-order valence-electron chi connectivity index (χ4n) is 3.91. The summed E-state index contributed by atoms with van der Waals surface area (Å²) < 4.78 is 0. The molecule has 0 saturated heterocycles. The van der Waals surface area contributed by atoms with Crippen molar-refractivity contribution in [2.45, 2.75) is 0 Å². The maximum absolute atomic E-state index is 5.89. The molecule has 6 rings (SSSR count). The molecule has 4 N–H and O–H groups in total. The number of aromatic amines is 2. The van der Waals surface area contributed by atoms with Crippen molar-refractivity contribution in [2.75, 3.05) is 5.73 Å². The van der Waals surface area contributed by atoms with Crippen LogP contribution in [0.5, 0.6) is 0 Å². The quantitative estimate of drug-likeness (QED) is 0.217. The number of anilines is 1. The SMILES string of the molecule is Nc1ccc(C2=Cc3cc4ccc(cc5nc(cc6ccc(cc2n3)[nH]6)C=C5)[nH]4)cc1.[Cu]. The largest absolute Gasteiger partial charge is 0.399 e. The standard InChI is InChI=1S/C26H19N5.Cu/c27-17-3-1-16(2-4-17)25-14-24-13-22-8-7-20(29-22)11-18-5-6-19(28-18)12-21-9-10-23(30-21)15-26(25)31-24;/h1-15,29-30H,27H2;. The normalized spacial score (nSPS) is 12.3. The van der Waals surface area contributed by atoms with Crippen molar-refractivity contribution in [3.63, 3.8) is 0 Å². The van der Waals surface area contributed by atoms with E-state index in [0.717, 1.165) is 61.7 Å². The number of hydrogen-bond donors (Lipinski definition) is 3. The Hall–Kier alpha value is -3.86. The number of nitrogens with two attached hydrogens (primary N) is 1. The molecule has 0 spiro atoms. The minimum absolute atomic E-state index is 0. The van der Waals surface area contributed by atoms with Crippen molar-refractivity contribution in [1.82, 2.24) is 19.9 Å². The summed E-state index contributed by atoms with van der Waals surface area (Å²) in [6.07, 6.45) is 6.15. The van der Waals surface area contributed by atoms with Crippen LogP contribution in [0.25, 0.3) is 45.9 Å². The number of nitrogens with zero attached hydrogens (tertiary/aromatic N) is 2. The van der Waals surface area contributed by atoms with Gasteiger partial charge in [0.25, 0.3) is 0 Å². The second-order valence-electron chi connectivity index (χ2n) is 7.71. The van der Waals surface area contributed by atoms with Gasteiger partial charge < -0.3 is 15.7 Å². The molecule has 32 heavy (non-hydrogen) atoms. The van der Waals surface area contributed by atoms with E-state index in [1.54, 1.807) is 0 Å². The third-order valence-electron chi connectivity index (χ3n) is 5.39. The zero-order chi connectivity index (χ0) is 20.8. The molecular formula is C26H19CuN5. The van der Waals surface area contributed by atoms with E-state index in [1.165, 1.54) is 0 Å². The maximum atomic E-state index is 5.89. The molecule has 1 radical (unpaired) electrons. The van der Waals surface area contributed by atoms with E-state index >= 15 is 0 Å². The summed E-state index contributed by atoms with van der Waals surface area (Å²) in [6.45, 7) is 0. The molecule has 8 bridgehead atoms. The Morgan fingerprint density at radius 2 is 1.12 bits per heavy atom. The first-order valence-electron chi connectivity index (χ1n) is 10.1. The van der Waals surface area contributed by atoms with Crippen molar-refractivity contribution >= 4 is 51.6 Å². The van der Waals surface area contributed by atoms with Crippen LogP contribution < -0.4 is 5.73 Å². The zero-order valence-corrected chi connectivity index (χ0v) is 17.9. The van der Waals surface area contributed by atoms with E-state index in [9.17, 15) is 0 Å². The molecule has 0 unspecified atom stereocenters. The first kappa shape index (κ1) is 20.1. The molecule has 0 aliphatic carbocycles. The van der Waals surface area contributed by atoms with Gasteiger partial charge in [-0.1, -0.05) is 12.1 Å². The third kappa shape index (κ3) is 3.89. The Morgan fingerprint density at radius 3 is 1.72 bits per heavy atom. The van der Waals surface area contributed by atoms with Crippen LogP contribution in [0.15, 0.2) is 72.8 Å². The molecule has 1 aromatic carbocycles. The number of nitrogens with one attached hydrogen (secondary N) is 2. The molecule has 2 aliphatic heterocycles. The third-order valence-corrected chi connectivity index (χ3v) is 5.39. The van der Waals surface area contributed by atoms with Gasteiger partial charge >= 0.3 is 0 Å². The van der Waals surface area contributed by atoms with E-state index in [0.29, 0.717) is 0 Å². The molecule has 0 atom stereocenters. The second-order valence-corrected chi connectivity index (χ2v) is 7.71. The minimum atomic E-state index is 0. The first-order valence-corrected chi connectivity index (χ1v) is 10.1. The van der Waals surface area contributed by atoms with E-state index in [1.807, 2.05) is 48.6 Å². The predicted molar refractivity (Wildman–Crippen MR) is 128 cm³/mol. The zero-order valence-electron chi connectivity index (χ0n) is 16.9. The molecule has 2 aliphatic rings. The summed E-state index contributed by atoms with van der Waals surface area (Å²) in [5.74, 6) is 0. The number of nitrogen functional groups attached to an aromatic ring is 1. The van der Waals surface area contributed by atoms with Gasteiger partial charge in [0, 0.05) is 50.4 Å². The average molecular weight is 465 g/mol. The Balaban J connectivity index is 0.00000216.